The maximum absolute atomic E-state index is 6.30. The summed E-state index contributed by atoms with van der Waals surface area (Å²) in [5, 5.41) is 0.672. The Kier molecular flexibility index (Phi) is 3.67. The summed E-state index contributed by atoms with van der Waals surface area (Å²) < 4.78 is 0. The molecule has 2 aromatic heterocycles. The monoisotopic (exact) mass is 334 g/mol. The molecule has 4 rings (SSSR count). The van der Waals surface area contributed by atoms with Crippen LogP contribution in [0.25, 0.3) is 0 Å². The summed E-state index contributed by atoms with van der Waals surface area (Å²) in [5.41, 5.74) is 1.35. The van der Waals surface area contributed by atoms with Crippen molar-refractivity contribution < 1.29 is 0 Å². The van der Waals surface area contributed by atoms with Crippen LogP contribution >= 0.6 is 11.6 Å². The lowest BCUT2D eigenvalue weighted by molar-refractivity contribution is 0.649. The minimum atomic E-state index is -0.695. The molecule has 4 aromatic rings. The van der Waals surface area contributed by atoms with E-state index in [9.17, 15) is 0 Å². The Bertz CT molecular complexity index is 881. The highest BCUT2D eigenvalue weighted by atomic mass is 35.5. The highest BCUT2D eigenvalue weighted by Crippen LogP contribution is 2.42. The van der Waals surface area contributed by atoms with E-state index in [0.717, 1.165) is 22.8 Å². The van der Waals surface area contributed by atoms with E-state index >= 15 is 0 Å². The number of nitrogens with one attached hydrogen (secondary N) is 2. The third-order valence-electron chi connectivity index (χ3n) is 4.17. The Morgan fingerprint density at radius 1 is 0.750 bits per heavy atom. The molecule has 0 radical (unpaired) electrons. The third-order valence-corrected chi connectivity index (χ3v) is 4.41. The van der Waals surface area contributed by atoms with Crippen LogP contribution in [0.3, 0.4) is 0 Å². The highest BCUT2D eigenvalue weighted by molar-refractivity contribution is 6.30. The van der Waals surface area contributed by atoms with Crippen molar-refractivity contribution in [3.63, 3.8) is 0 Å². The molecule has 24 heavy (non-hydrogen) atoms. The number of nitrogens with zero attached hydrogens (tertiary/aromatic N) is 2. The molecule has 0 aliphatic carbocycles. The predicted molar refractivity (Wildman–Crippen MR) is 94.1 cm³/mol. The molecule has 0 saturated heterocycles. The first kappa shape index (κ1) is 14.7. The summed E-state index contributed by atoms with van der Waals surface area (Å²) in [5.74, 6) is 1.57. The molecule has 0 amide bonds. The number of rotatable bonds is 4. The van der Waals surface area contributed by atoms with Gasteiger partial charge in [0.1, 0.15) is 17.1 Å². The van der Waals surface area contributed by atoms with E-state index in [1.54, 1.807) is 12.4 Å². The first-order valence-corrected chi connectivity index (χ1v) is 8.01. The van der Waals surface area contributed by atoms with Crippen LogP contribution in [-0.4, -0.2) is 19.9 Å². The number of hydrogen-bond acceptors (Lipinski definition) is 2. The Labute approximate surface area is 144 Å². The summed E-state index contributed by atoms with van der Waals surface area (Å²) in [6.07, 6.45) is 7.14. The minimum absolute atomic E-state index is 0.672. The average Bonchev–Trinajstić information content (AvgIpc) is 3.31. The molecule has 0 fully saturated rings. The molecular weight excluding hydrogens is 320 g/mol. The quantitative estimate of drug-likeness (QED) is 0.588. The zero-order valence-corrected chi connectivity index (χ0v) is 13.5. The summed E-state index contributed by atoms with van der Waals surface area (Å²) in [6, 6.07) is 18.0. The van der Waals surface area contributed by atoms with Gasteiger partial charge < -0.3 is 9.97 Å². The Hall–Kier alpha value is -2.85. The molecule has 0 aliphatic rings. The first-order valence-electron chi connectivity index (χ1n) is 7.63. The van der Waals surface area contributed by atoms with Crippen LogP contribution in [0.2, 0.25) is 5.02 Å². The molecule has 0 saturated carbocycles. The van der Waals surface area contributed by atoms with Gasteiger partial charge in [0.05, 0.1) is 0 Å². The lowest BCUT2D eigenvalue weighted by Gasteiger charge is -2.31. The van der Waals surface area contributed by atoms with Crippen molar-refractivity contribution in [1.82, 2.24) is 19.9 Å². The number of benzene rings is 2. The average molecular weight is 335 g/mol. The van der Waals surface area contributed by atoms with E-state index in [-0.39, 0.29) is 0 Å². The summed E-state index contributed by atoms with van der Waals surface area (Å²) >= 11 is 6.30. The second kappa shape index (κ2) is 5.98. The third kappa shape index (κ3) is 2.23. The van der Waals surface area contributed by atoms with Gasteiger partial charge in [-0.3, -0.25) is 0 Å². The largest absolute Gasteiger partial charge is 0.347 e. The Morgan fingerprint density at radius 2 is 1.38 bits per heavy atom. The molecule has 0 aliphatic heterocycles. The fourth-order valence-corrected chi connectivity index (χ4v) is 3.37. The van der Waals surface area contributed by atoms with E-state index in [1.165, 1.54) is 0 Å². The molecule has 2 N–H and O–H groups in total. The SMILES string of the molecule is Clc1cccc(C(c2ccccc2)(c2ncc[nH]2)c2ncc[nH]2)c1. The van der Waals surface area contributed by atoms with Gasteiger partial charge in [-0.15, -0.1) is 0 Å². The van der Waals surface area contributed by atoms with Crippen LogP contribution in [0.5, 0.6) is 0 Å². The topological polar surface area (TPSA) is 57.4 Å². The summed E-state index contributed by atoms with van der Waals surface area (Å²) in [7, 11) is 0. The second-order valence-electron chi connectivity index (χ2n) is 5.50. The molecule has 2 heterocycles. The van der Waals surface area contributed by atoms with E-state index in [1.807, 2.05) is 54.9 Å². The van der Waals surface area contributed by atoms with Gasteiger partial charge in [-0.1, -0.05) is 54.1 Å². The molecule has 0 spiro atoms. The van der Waals surface area contributed by atoms with Crippen LogP contribution in [0.4, 0.5) is 0 Å². The smallest absolute Gasteiger partial charge is 0.136 e. The number of aromatic amines is 2. The van der Waals surface area contributed by atoms with E-state index in [4.69, 9.17) is 11.6 Å². The van der Waals surface area contributed by atoms with Crippen molar-refractivity contribution in [3.05, 3.63) is 107 Å². The number of imidazole rings is 2. The molecule has 0 unspecified atom stereocenters. The Balaban J connectivity index is 2.12. The summed E-state index contributed by atoms with van der Waals surface area (Å²) in [4.78, 5) is 15.7. The fourth-order valence-electron chi connectivity index (χ4n) is 3.18. The van der Waals surface area contributed by atoms with Gasteiger partial charge in [-0.05, 0) is 23.3 Å². The molecule has 0 atom stereocenters. The fraction of sp³-hybridized carbons (Fsp3) is 0.0526. The zero-order chi connectivity index (χ0) is 16.4. The van der Waals surface area contributed by atoms with Gasteiger partial charge in [0, 0.05) is 29.8 Å². The van der Waals surface area contributed by atoms with Crippen LogP contribution in [0, 0.1) is 0 Å². The van der Waals surface area contributed by atoms with E-state index < -0.39 is 5.41 Å². The number of hydrogen-bond donors (Lipinski definition) is 2. The van der Waals surface area contributed by atoms with Crippen molar-refractivity contribution in [1.29, 1.82) is 0 Å². The second-order valence-corrected chi connectivity index (χ2v) is 5.94. The van der Waals surface area contributed by atoms with Crippen molar-refractivity contribution in [2.75, 3.05) is 0 Å². The lowest BCUT2D eigenvalue weighted by Crippen LogP contribution is -2.33. The maximum atomic E-state index is 6.30. The first-order chi connectivity index (χ1) is 11.8. The maximum Gasteiger partial charge on any atom is 0.136 e. The standard InChI is InChI=1S/C19H15ClN4/c20-16-8-4-7-15(13-16)19(17-21-9-10-22-17,18-23-11-12-24-18)14-5-2-1-3-6-14/h1-13H,(H,21,22)(H,23,24). The predicted octanol–water partition coefficient (Wildman–Crippen LogP) is 4.17. The molecule has 118 valence electrons. The number of H-pyrrole nitrogens is 2. The van der Waals surface area contributed by atoms with Gasteiger partial charge in [-0.25, -0.2) is 9.97 Å². The Morgan fingerprint density at radius 3 is 1.92 bits per heavy atom. The molecular formula is C19H15ClN4. The lowest BCUT2D eigenvalue weighted by atomic mass is 9.73. The van der Waals surface area contributed by atoms with Crippen LogP contribution in [-0.2, 0) is 5.41 Å². The molecule has 5 heteroatoms. The van der Waals surface area contributed by atoms with Crippen LogP contribution in [0.1, 0.15) is 22.8 Å². The van der Waals surface area contributed by atoms with Crippen molar-refractivity contribution >= 4 is 11.6 Å². The normalized spacial score (nSPS) is 11.5. The molecule has 4 nitrogen and oxygen atoms in total. The van der Waals surface area contributed by atoms with E-state index in [0.29, 0.717) is 5.02 Å². The van der Waals surface area contributed by atoms with Gasteiger partial charge in [-0.2, -0.15) is 0 Å². The van der Waals surface area contributed by atoms with Crippen LogP contribution < -0.4 is 0 Å². The van der Waals surface area contributed by atoms with Crippen molar-refractivity contribution in [3.8, 4) is 0 Å². The summed E-state index contributed by atoms with van der Waals surface area (Å²) in [6.45, 7) is 0. The van der Waals surface area contributed by atoms with Crippen LogP contribution in [0.15, 0.2) is 79.4 Å². The van der Waals surface area contributed by atoms with Crippen molar-refractivity contribution in [2.24, 2.45) is 0 Å². The number of halogens is 1. The van der Waals surface area contributed by atoms with Gasteiger partial charge in [0.15, 0.2) is 0 Å². The van der Waals surface area contributed by atoms with Crippen molar-refractivity contribution in [2.45, 2.75) is 5.41 Å². The molecule has 2 aromatic carbocycles. The van der Waals surface area contributed by atoms with Gasteiger partial charge in [0.2, 0.25) is 0 Å². The van der Waals surface area contributed by atoms with Gasteiger partial charge in [0.25, 0.3) is 0 Å². The minimum Gasteiger partial charge on any atom is -0.347 e. The van der Waals surface area contributed by atoms with Gasteiger partial charge >= 0.3 is 0 Å². The number of aromatic nitrogens is 4. The highest BCUT2D eigenvalue weighted by Gasteiger charge is 2.43. The molecule has 0 bridgehead atoms. The zero-order valence-electron chi connectivity index (χ0n) is 12.8. The van der Waals surface area contributed by atoms with E-state index in [2.05, 4.69) is 32.1 Å².